The molecule has 3 rings (SSSR count). The number of benzene rings is 1. The fraction of sp³-hybridized carbons (Fsp3) is 0.500. The van der Waals surface area contributed by atoms with E-state index in [0.717, 1.165) is 29.2 Å². The molecule has 1 aromatic rings. The summed E-state index contributed by atoms with van der Waals surface area (Å²) >= 11 is 1.54. The summed E-state index contributed by atoms with van der Waals surface area (Å²) in [6.45, 7) is 1.14. The summed E-state index contributed by atoms with van der Waals surface area (Å²) in [5.41, 5.74) is 10.7. The van der Waals surface area contributed by atoms with E-state index < -0.39 is 11.4 Å². The van der Waals surface area contributed by atoms with Crippen LogP contribution in [-0.4, -0.2) is 30.4 Å². The summed E-state index contributed by atoms with van der Waals surface area (Å²) in [6, 6.07) is 5.76. The van der Waals surface area contributed by atoms with Crippen molar-refractivity contribution in [2.45, 2.75) is 23.3 Å². The lowest BCUT2D eigenvalue weighted by atomic mass is 9.96. The van der Waals surface area contributed by atoms with Crippen molar-refractivity contribution < 1.29 is 14.3 Å². The molecule has 2 aliphatic rings. The van der Waals surface area contributed by atoms with Crippen LogP contribution in [0.5, 0.6) is 11.5 Å². The van der Waals surface area contributed by atoms with E-state index in [1.165, 1.54) is 11.8 Å². The van der Waals surface area contributed by atoms with Crippen LogP contribution in [0.25, 0.3) is 0 Å². The second-order valence-electron chi connectivity index (χ2n) is 5.27. The van der Waals surface area contributed by atoms with Crippen molar-refractivity contribution in [3.63, 3.8) is 0 Å². The molecule has 20 heavy (non-hydrogen) atoms. The quantitative estimate of drug-likeness (QED) is 0.795. The highest BCUT2D eigenvalue weighted by molar-refractivity contribution is 7.99. The minimum Gasteiger partial charge on any atom is -0.486 e. The van der Waals surface area contributed by atoms with Crippen LogP contribution in [0.15, 0.2) is 23.1 Å². The van der Waals surface area contributed by atoms with Crippen LogP contribution in [0, 0.1) is 5.92 Å². The van der Waals surface area contributed by atoms with Crippen molar-refractivity contribution in [1.29, 1.82) is 0 Å². The molecule has 1 saturated carbocycles. The second kappa shape index (κ2) is 5.18. The van der Waals surface area contributed by atoms with Gasteiger partial charge in [-0.15, -0.1) is 11.8 Å². The first-order valence-electron chi connectivity index (χ1n) is 6.71. The molecule has 5 nitrogen and oxygen atoms in total. The van der Waals surface area contributed by atoms with Gasteiger partial charge < -0.3 is 20.9 Å². The molecule has 1 aliphatic heterocycles. The molecule has 0 spiro atoms. The zero-order chi connectivity index (χ0) is 14.2. The third kappa shape index (κ3) is 2.58. The molecule has 108 valence electrons. The maximum absolute atomic E-state index is 11.6. The first-order valence-corrected chi connectivity index (χ1v) is 7.69. The third-order valence-corrected chi connectivity index (χ3v) is 4.97. The minimum absolute atomic E-state index is 0.227. The van der Waals surface area contributed by atoms with E-state index in [9.17, 15) is 4.79 Å². The Labute approximate surface area is 122 Å². The topological polar surface area (TPSA) is 87.6 Å². The summed E-state index contributed by atoms with van der Waals surface area (Å²) < 4.78 is 11.0. The van der Waals surface area contributed by atoms with Crippen LogP contribution >= 0.6 is 11.8 Å². The Morgan fingerprint density at radius 3 is 2.65 bits per heavy atom. The second-order valence-corrected chi connectivity index (χ2v) is 6.32. The number of carbonyl (C=O) groups excluding carboxylic acids is 1. The molecule has 1 unspecified atom stereocenters. The number of thioether (sulfide) groups is 1. The standard InChI is InChI=1S/C14H18N2O3S/c15-13(17)14(16,9-1-2-9)8-20-10-3-4-11-12(7-10)19-6-5-18-11/h3-4,7,9H,1-2,5-6,8,16H2,(H2,15,17). The van der Waals surface area contributed by atoms with Crippen molar-refractivity contribution in [3.05, 3.63) is 18.2 Å². The van der Waals surface area contributed by atoms with Gasteiger partial charge in [-0.25, -0.2) is 0 Å². The zero-order valence-corrected chi connectivity index (χ0v) is 11.9. The number of hydrogen-bond donors (Lipinski definition) is 2. The molecule has 1 amide bonds. The number of rotatable bonds is 5. The van der Waals surface area contributed by atoms with Gasteiger partial charge in [0.1, 0.15) is 18.8 Å². The average molecular weight is 294 g/mol. The van der Waals surface area contributed by atoms with Crippen LogP contribution in [0.2, 0.25) is 0 Å². The van der Waals surface area contributed by atoms with Gasteiger partial charge in [-0.1, -0.05) is 0 Å². The summed E-state index contributed by atoms with van der Waals surface area (Å²) in [4.78, 5) is 12.6. The Morgan fingerprint density at radius 2 is 2.00 bits per heavy atom. The molecule has 0 aromatic heterocycles. The number of primary amides is 1. The van der Waals surface area contributed by atoms with E-state index in [0.29, 0.717) is 19.0 Å². The predicted octanol–water partition coefficient (Wildman–Crippen LogP) is 1.14. The molecular weight excluding hydrogens is 276 g/mol. The van der Waals surface area contributed by atoms with E-state index in [2.05, 4.69) is 0 Å². The average Bonchev–Trinajstić information content (AvgIpc) is 3.29. The number of carbonyl (C=O) groups is 1. The smallest absolute Gasteiger partial charge is 0.238 e. The van der Waals surface area contributed by atoms with Crippen LogP contribution in [-0.2, 0) is 4.79 Å². The predicted molar refractivity (Wildman–Crippen MR) is 77.0 cm³/mol. The van der Waals surface area contributed by atoms with Gasteiger partial charge in [-0.2, -0.15) is 0 Å². The van der Waals surface area contributed by atoms with Gasteiger partial charge in [-0.3, -0.25) is 4.79 Å². The Kier molecular flexibility index (Phi) is 3.52. The maximum atomic E-state index is 11.6. The number of nitrogens with two attached hydrogens (primary N) is 2. The van der Waals surface area contributed by atoms with Crippen LogP contribution in [0.4, 0.5) is 0 Å². The summed E-state index contributed by atoms with van der Waals surface area (Å²) in [7, 11) is 0. The molecule has 0 radical (unpaired) electrons. The Bertz CT molecular complexity index is 533. The van der Waals surface area contributed by atoms with Gasteiger partial charge >= 0.3 is 0 Å². The van der Waals surface area contributed by atoms with E-state index >= 15 is 0 Å². The lowest BCUT2D eigenvalue weighted by Crippen LogP contribution is -2.56. The summed E-state index contributed by atoms with van der Waals surface area (Å²) in [6.07, 6.45) is 1.97. The minimum atomic E-state index is -0.905. The maximum Gasteiger partial charge on any atom is 0.238 e. The van der Waals surface area contributed by atoms with Crippen molar-refractivity contribution in [3.8, 4) is 11.5 Å². The van der Waals surface area contributed by atoms with Crippen LogP contribution in [0.3, 0.4) is 0 Å². The monoisotopic (exact) mass is 294 g/mol. The highest BCUT2D eigenvalue weighted by Gasteiger charge is 2.46. The van der Waals surface area contributed by atoms with Crippen molar-refractivity contribution >= 4 is 17.7 Å². The van der Waals surface area contributed by atoms with Gasteiger partial charge in [0.2, 0.25) is 5.91 Å². The fourth-order valence-corrected chi connectivity index (χ4v) is 3.44. The molecule has 0 bridgehead atoms. The lowest BCUT2D eigenvalue weighted by molar-refractivity contribution is -0.123. The van der Waals surface area contributed by atoms with Gasteiger partial charge in [0, 0.05) is 10.6 Å². The molecule has 1 atom stereocenters. The third-order valence-electron chi connectivity index (χ3n) is 3.76. The molecule has 1 heterocycles. The largest absolute Gasteiger partial charge is 0.486 e. The van der Waals surface area contributed by atoms with Gasteiger partial charge in [0.05, 0.1) is 0 Å². The molecule has 6 heteroatoms. The van der Waals surface area contributed by atoms with E-state index in [1.807, 2.05) is 18.2 Å². The summed E-state index contributed by atoms with van der Waals surface area (Å²) in [5.74, 6) is 1.81. The highest BCUT2D eigenvalue weighted by Crippen LogP contribution is 2.42. The first-order chi connectivity index (χ1) is 9.59. The number of ether oxygens (including phenoxy) is 2. The first kappa shape index (κ1) is 13.6. The highest BCUT2D eigenvalue weighted by atomic mass is 32.2. The Morgan fingerprint density at radius 1 is 1.30 bits per heavy atom. The van der Waals surface area contributed by atoms with Gasteiger partial charge in [0.25, 0.3) is 0 Å². The van der Waals surface area contributed by atoms with Gasteiger partial charge in [0.15, 0.2) is 11.5 Å². The van der Waals surface area contributed by atoms with Crippen LogP contribution in [0.1, 0.15) is 12.8 Å². The molecule has 1 aromatic carbocycles. The molecule has 0 saturated heterocycles. The molecule has 1 fully saturated rings. The van der Waals surface area contributed by atoms with E-state index in [1.54, 1.807) is 0 Å². The lowest BCUT2D eigenvalue weighted by Gasteiger charge is -2.25. The van der Waals surface area contributed by atoms with Crippen molar-refractivity contribution in [2.24, 2.45) is 17.4 Å². The fourth-order valence-electron chi connectivity index (χ4n) is 2.30. The summed E-state index contributed by atoms with van der Waals surface area (Å²) in [5, 5.41) is 0. The number of hydrogen-bond acceptors (Lipinski definition) is 5. The molecule has 1 aliphatic carbocycles. The van der Waals surface area contributed by atoms with E-state index in [4.69, 9.17) is 20.9 Å². The molecular formula is C14H18N2O3S. The van der Waals surface area contributed by atoms with Gasteiger partial charge in [-0.05, 0) is 37.0 Å². The molecule has 4 N–H and O–H groups in total. The Hall–Kier alpha value is -1.40. The SMILES string of the molecule is NC(=O)C(N)(CSc1ccc2c(c1)OCCO2)C1CC1. The zero-order valence-electron chi connectivity index (χ0n) is 11.1. The van der Waals surface area contributed by atoms with Crippen molar-refractivity contribution in [1.82, 2.24) is 0 Å². The number of fused-ring (bicyclic) bond motifs is 1. The van der Waals surface area contributed by atoms with E-state index in [-0.39, 0.29) is 5.92 Å². The normalized spacial score (nSPS) is 20.2. The van der Waals surface area contributed by atoms with Crippen molar-refractivity contribution in [2.75, 3.05) is 19.0 Å². The number of amides is 1. The Balaban J connectivity index is 1.70. The van der Waals surface area contributed by atoms with Crippen LogP contribution < -0.4 is 20.9 Å².